The Morgan fingerprint density at radius 2 is 0.818 bits per heavy atom. The summed E-state index contributed by atoms with van der Waals surface area (Å²) in [5.41, 5.74) is -0.930. The molecule has 1 aromatic rings. The van der Waals surface area contributed by atoms with Gasteiger partial charge >= 0.3 is 9.14 Å². The van der Waals surface area contributed by atoms with Gasteiger partial charge in [-0.3, -0.25) is 40.5 Å². The van der Waals surface area contributed by atoms with E-state index in [1.54, 1.807) is 0 Å². The molecule has 0 saturated heterocycles. The Hall–Kier alpha value is -2.22. The summed E-state index contributed by atoms with van der Waals surface area (Å²) in [5.74, 6) is 0. The van der Waals surface area contributed by atoms with Crippen molar-refractivity contribution in [2.24, 2.45) is 0 Å². The summed E-state index contributed by atoms with van der Waals surface area (Å²) in [6.45, 7) is 0. The lowest BCUT2D eigenvalue weighted by atomic mass is 10.1. The van der Waals surface area contributed by atoms with E-state index in [1.165, 1.54) is 0 Å². The van der Waals surface area contributed by atoms with Gasteiger partial charge in [0.2, 0.25) is 0 Å². The molecule has 0 atom stereocenters. The molecule has 0 fully saturated rings. The first-order chi connectivity index (χ1) is 9.98. The van der Waals surface area contributed by atoms with Crippen LogP contribution in [0.2, 0.25) is 0 Å². The minimum atomic E-state index is -2.86. The maximum atomic E-state index is 10.9. The van der Waals surface area contributed by atoms with Crippen LogP contribution in [0.1, 0.15) is 11.1 Å². The van der Waals surface area contributed by atoms with Crippen LogP contribution in [0.4, 0.5) is 0 Å². The van der Waals surface area contributed by atoms with E-state index in [0.29, 0.717) is 0 Å². The van der Waals surface area contributed by atoms with Crippen molar-refractivity contribution in [3.05, 3.63) is 75.8 Å². The molecular formula is C8H4Br2N4O8. The molecular weight excluding hydrogens is 440 g/mol. The third-order valence-electron chi connectivity index (χ3n) is 2.59. The molecule has 1 aromatic carbocycles. The van der Waals surface area contributed by atoms with Gasteiger partial charge in [0, 0.05) is 0 Å². The molecule has 22 heavy (non-hydrogen) atoms. The SMILES string of the molecule is O=[N+]([O-])C(Br)(c1ccc(C(Br)([N+](=O)[O-])[N+](=O)[O-])cc1)[N+](=O)[O-]. The van der Waals surface area contributed by atoms with Crippen molar-refractivity contribution < 1.29 is 19.7 Å². The Kier molecular flexibility index (Phi) is 4.76. The summed E-state index contributed by atoms with van der Waals surface area (Å²) in [6.07, 6.45) is 0. The van der Waals surface area contributed by atoms with Gasteiger partial charge < -0.3 is 0 Å². The Bertz CT molecular complexity index is 578. The lowest BCUT2D eigenvalue weighted by Gasteiger charge is -2.13. The zero-order chi connectivity index (χ0) is 17.3. The molecule has 12 nitrogen and oxygen atoms in total. The number of rotatable bonds is 6. The molecule has 0 aliphatic rings. The molecule has 0 N–H and O–H groups in total. The normalized spacial score (nSPS) is 11.7. The summed E-state index contributed by atoms with van der Waals surface area (Å²) in [7, 11) is 0. The molecule has 0 aliphatic carbocycles. The number of hydrogen-bond donors (Lipinski definition) is 0. The molecule has 1 rings (SSSR count). The van der Waals surface area contributed by atoms with Gasteiger partial charge in [0.1, 0.15) is 62.7 Å². The number of halogens is 2. The van der Waals surface area contributed by atoms with Crippen LogP contribution in [0.3, 0.4) is 0 Å². The molecule has 0 amide bonds. The van der Waals surface area contributed by atoms with Gasteiger partial charge in [0.25, 0.3) is 0 Å². The molecule has 0 aromatic heterocycles. The van der Waals surface area contributed by atoms with Crippen molar-refractivity contribution >= 4 is 31.9 Å². The van der Waals surface area contributed by atoms with Crippen molar-refractivity contribution in [3.63, 3.8) is 0 Å². The fourth-order valence-electron chi connectivity index (χ4n) is 1.45. The lowest BCUT2D eigenvalue weighted by Crippen LogP contribution is -2.38. The van der Waals surface area contributed by atoms with Gasteiger partial charge in [-0.15, -0.1) is 0 Å². The van der Waals surface area contributed by atoms with Gasteiger partial charge in [-0.05, 0) is 24.3 Å². The van der Waals surface area contributed by atoms with Crippen LogP contribution in [-0.4, -0.2) is 19.7 Å². The maximum absolute atomic E-state index is 10.9. The van der Waals surface area contributed by atoms with Crippen LogP contribution in [-0.2, 0) is 9.14 Å². The summed E-state index contributed by atoms with van der Waals surface area (Å²) >= 11 is 4.76. The highest BCUT2D eigenvalue weighted by Crippen LogP contribution is 2.36. The molecule has 14 heteroatoms. The number of nitro groups is 4. The van der Waals surface area contributed by atoms with E-state index in [-0.39, 0.29) is 0 Å². The Labute approximate surface area is 137 Å². The second-order valence-electron chi connectivity index (χ2n) is 3.78. The number of hydrogen-bond acceptors (Lipinski definition) is 8. The average molecular weight is 444 g/mol. The van der Waals surface area contributed by atoms with E-state index in [2.05, 4.69) is 31.9 Å². The number of nitrogens with zero attached hydrogens (tertiary/aromatic N) is 4. The van der Waals surface area contributed by atoms with E-state index in [9.17, 15) is 40.5 Å². The quantitative estimate of drug-likeness (QED) is 0.210. The smallest absolute Gasteiger partial charge is 0.257 e. The lowest BCUT2D eigenvalue weighted by molar-refractivity contribution is -0.771. The van der Waals surface area contributed by atoms with Gasteiger partial charge in [-0.1, -0.05) is 0 Å². The Morgan fingerprint density at radius 1 is 0.636 bits per heavy atom. The highest BCUT2D eigenvalue weighted by Gasteiger charge is 2.58. The van der Waals surface area contributed by atoms with E-state index in [0.717, 1.165) is 24.3 Å². The van der Waals surface area contributed by atoms with Gasteiger partial charge in [-0.25, -0.2) is 0 Å². The second kappa shape index (κ2) is 5.88. The number of benzene rings is 1. The molecule has 118 valence electrons. The molecule has 0 saturated carbocycles. The van der Waals surface area contributed by atoms with Crippen LogP contribution in [0.25, 0.3) is 0 Å². The van der Waals surface area contributed by atoms with Crippen LogP contribution in [0.15, 0.2) is 24.3 Å². The molecule has 0 radical (unpaired) electrons. The highest BCUT2D eigenvalue weighted by atomic mass is 79.9. The minimum Gasteiger partial charge on any atom is -0.257 e. The zero-order valence-corrected chi connectivity index (χ0v) is 13.3. The first kappa shape index (κ1) is 17.8. The van der Waals surface area contributed by atoms with Crippen LogP contribution in [0, 0.1) is 40.5 Å². The fourth-order valence-corrected chi connectivity index (χ4v) is 1.98. The standard InChI is InChI=1S/C8H4Br2N4O8/c9-7(11(15)16,12(17)18)5-1-2-6(4-3-5)8(10,13(19)20)14(21)22/h1-4H. The molecule has 0 heterocycles. The van der Waals surface area contributed by atoms with Crippen molar-refractivity contribution in [1.82, 2.24) is 0 Å². The summed E-state index contributed by atoms with van der Waals surface area (Å²) in [5, 5.41) is 43.4. The maximum Gasteiger partial charge on any atom is 0.537 e. The van der Waals surface area contributed by atoms with Crippen molar-refractivity contribution in [3.8, 4) is 0 Å². The molecule has 0 unspecified atom stereocenters. The summed E-state index contributed by atoms with van der Waals surface area (Å²) in [4.78, 5) is 38.5. The zero-order valence-electron chi connectivity index (χ0n) is 10.1. The predicted octanol–water partition coefficient (Wildman–Crippen LogP) is 1.80. The molecule has 0 spiro atoms. The van der Waals surface area contributed by atoms with E-state index in [4.69, 9.17) is 0 Å². The summed E-state index contributed by atoms with van der Waals surface area (Å²) in [6, 6.07) is 3.27. The highest BCUT2D eigenvalue weighted by molar-refractivity contribution is 9.09. The largest absolute Gasteiger partial charge is 0.537 e. The van der Waals surface area contributed by atoms with Gasteiger partial charge in [0.15, 0.2) is 0 Å². The van der Waals surface area contributed by atoms with Crippen molar-refractivity contribution in [1.29, 1.82) is 0 Å². The Balaban J connectivity index is 3.42. The van der Waals surface area contributed by atoms with E-state index >= 15 is 0 Å². The monoisotopic (exact) mass is 442 g/mol. The van der Waals surface area contributed by atoms with Crippen molar-refractivity contribution in [2.45, 2.75) is 9.14 Å². The third kappa shape index (κ3) is 2.61. The van der Waals surface area contributed by atoms with Crippen molar-refractivity contribution in [2.75, 3.05) is 0 Å². The van der Waals surface area contributed by atoms with Crippen LogP contribution >= 0.6 is 31.9 Å². The average Bonchev–Trinajstić information content (AvgIpc) is 2.44. The van der Waals surface area contributed by atoms with Crippen LogP contribution < -0.4 is 0 Å². The van der Waals surface area contributed by atoms with E-state index in [1.807, 2.05) is 0 Å². The Morgan fingerprint density at radius 3 is 0.955 bits per heavy atom. The predicted molar refractivity (Wildman–Crippen MR) is 75.6 cm³/mol. The molecule has 0 bridgehead atoms. The fraction of sp³-hybridized carbons (Fsp3) is 0.250. The van der Waals surface area contributed by atoms with Gasteiger partial charge in [-0.2, -0.15) is 0 Å². The summed E-state index contributed by atoms with van der Waals surface area (Å²) < 4.78 is -5.71. The number of alkyl halides is 2. The molecule has 0 aliphatic heterocycles. The van der Waals surface area contributed by atoms with E-state index < -0.39 is 40.0 Å². The van der Waals surface area contributed by atoms with Gasteiger partial charge in [0.05, 0.1) is 0 Å². The second-order valence-corrected chi connectivity index (χ2v) is 5.99. The first-order valence-corrected chi connectivity index (χ1v) is 6.64. The minimum absolute atomic E-state index is 0.465. The topological polar surface area (TPSA) is 173 Å². The third-order valence-corrected chi connectivity index (χ3v) is 4.66. The first-order valence-electron chi connectivity index (χ1n) is 5.05. The van der Waals surface area contributed by atoms with Crippen LogP contribution in [0.5, 0.6) is 0 Å².